The van der Waals surface area contributed by atoms with Crippen molar-refractivity contribution in [3.8, 4) is 0 Å². The lowest BCUT2D eigenvalue weighted by atomic mass is 9.91. The van der Waals surface area contributed by atoms with Crippen molar-refractivity contribution in [2.75, 3.05) is 0 Å². The van der Waals surface area contributed by atoms with Gasteiger partial charge in [-0.3, -0.25) is 14.9 Å². The van der Waals surface area contributed by atoms with Crippen molar-refractivity contribution in [2.24, 2.45) is 5.73 Å². The molecule has 2 rings (SSSR count). The normalized spacial score (nSPS) is 22.3. The molecular formula is C13H16FN3O3. The summed E-state index contributed by atoms with van der Waals surface area (Å²) < 4.78 is 13.0. The van der Waals surface area contributed by atoms with Gasteiger partial charge in [-0.2, -0.15) is 0 Å². The van der Waals surface area contributed by atoms with E-state index in [1.165, 1.54) is 0 Å². The molecule has 1 aromatic carbocycles. The molecule has 6 nitrogen and oxygen atoms in total. The summed E-state index contributed by atoms with van der Waals surface area (Å²) in [5.74, 6) is -1.33. The summed E-state index contributed by atoms with van der Waals surface area (Å²) in [6, 6.07) is 2.56. The Labute approximate surface area is 115 Å². The van der Waals surface area contributed by atoms with Crippen LogP contribution in [0.25, 0.3) is 0 Å². The van der Waals surface area contributed by atoms with E-state index in [9.17, 15) is 19.3 Å². The fourth-order valence-electron chi connectivity index (χ4n) is 2.43. The fourth-order valence-corrected chi connectivity index (χ4v) is 2.43. The topological polar surface area (TPSA) is 98.3 Å². The van der Waals surface area contributed by atoms with Crippen molar-refractivity contribution in [2.45, 2.75) is 37.8 Å². The third kappa shape index (κ3) is 3.11. The summed E-state index contributed by atoms with van der Waals surface area (Å²) in [6.07, 6.45) is 3.55. The molecule has 0 saturated heterocycles. The lowest BCUT2D eigenvalue weighted by Gasteiger charge is -2.29. The number of nitro benzene ring substituents is 1. The summed E-state index contributed by atoms with van der Waals surface area (Å²) in [5, 5.41) is 13.6. The fraction of sp³-hybridized carbons (Fsp3) is 0.462. The minimum absolute atomic E-state index is 0.144. The summed E-state index contributed by atoms with van der Waals surface area (Å²) in [4.78, 5) is 22.2. The monoisotopic (exact) mass is 281 g/mol. The molecule has 7 heteroatoms. The maximum absolute atomic E-state index is 13.0. The van der Waals surface area contributed by atoms with Gasteiger partial charge in [0.25, 0.3) is 11.6 Å². The molecule has 1 amide bonds. The zero-order valence-corrected chi connectivity index (χ0v) is 10.8. The van der Waals surface area contributed by atoms with Crippen LogP contribution in [0.3, 0.4) is 0 Å². The zero-order valence-electron chi connectivity index (χ0n) is 10.8. The Kier molecular flexibility index (Phi) is 4.29. The van der Waals surface area contributed by atoms with Gasteiger partial charge in [-0.15, -0.1) is 0 Å². The van der Waals surface area contributed by atoms with Crippen LogP contribution in [0.1, 0.15) is 36.0 Å². The SMILES string of the molecule is N[C@@H]1CCCC[C@H]1NC(=O)c1ccc(F)cc1[N+](=O)[O-]. The molecule has 2 atom stereocenters. The molecule has 1 aromatic rings. The van der Waals surface area contributed by atoms with Crippen molar-refractivity contribution in [1.29, 1.82) is 0 Å². The molecule has 0 unspecified atom stereocenters. The second kappa shape index (κ2) is 5.96. The van der Waals surface area contributed by atoms with Crippen LogP contribution in [0.2, 0.25) is 0 Å². The number of nitrogens with zero attached hydrogens (tertiary/aromatic N) is 1. The van der Waals surface area contributed by atoms with Crippen molar-refractivity contribution in [3.05, 3.63) is 39.7 Å². The minimum atomic E-state index is -0.765. The Balaban J connectivity index is 2.18. The summed E-state index contributed by atoms with van der Waals surface area (Å²) in [7, 11) is 0. The van der Waals surface area contributed by atoms with Gasteiger partial charge in [0.05, 0.1) is 11.0 Å². The molecule has 0 radical (unpaired) electrons. The second-order valence-electron chi connectivity index (χ2n) is 4.95. The van der Waals surface area contributed by atoms with Gasteiger partial charge in [-0.05, 0) is 25.0 Å². The highest BCUT2D eigenvalue weighted by molar-refractivity contribution is 5.98. The van der Waals surface area contributed by atoms with E-state index in [1.807, 2.05) is 0 Å². The third-order valence-electron chi connectivity index (χ3n) is 3.54. The predicted molar refractivity (Wildman–Crippen MR) is 70.8 cm³/mol. The molecule has 0 aliphatic heterocycles. The number of nitrogens with two attached hydrogens (primary N) is 1. The van der Waals surface area contributed by atoms with Crippen LogP contribution in [0.5, 0.6) is 0 Å². The molecule has 1 saturated carbocycles. The number of carbonyl (C=O) groups is 1. The highest BCUT2D eigenvalue weighted by Gasteiger charge is 2.27. The number of hydrogen-bond donors (Lipinski definition) is 2. The molecule has 3 N–H and O–H groups in total. The Morgan fingerprint density at radius 2 is 2.10 bits per heavy atom. The van der Waals surface area contributed by atoms with Gasteiger partial charge >= 0.3 is 0 Å². The van der Waals surface area contributed by atoms with Crippen LogP contribution in [0.4, 0.5) is 10.1 Å². The first-order chi connectivity index (χ1) is 9.49. The average Bonchev–Trinajstić information content (AvgIpc) is 2.41. The molecule has 20 heavy (non-hydrogen) atoms. The number of halogens is 1. The van der Waals surface area contributed by atoms with E-state index in [-0.39, 0.29) is 17.6 Å². The maximum atomic E-state index is 13.0. The molecule has 0 bridgehead atoms. The van der Waals surface area contributed by atoms with E-state index >= 15 is 0 Å². The zero-order chi connectivity index (χ0) is 14.7. The second-order valence-corrected chi connectivity index (χ2v) is 4.95. The Bertz CT molecular complexity index is 536. The van der Waals surface area contributed by atoms with Gasteiger partial charge in [-0.1, -0.05) is 12.8 Å². The van der Waals surface area contributed by atoms with Gasteiger partial charge in [0.1, 0.15) is 11.4 Å². The molecule has 0 aromatic heterocycles. The lowest BCUT2D eigenvalue weighted by molar-refractivity contribution is -0.385. The first-order valence-corrected chi connectivity index (χ1v) is 6.49. The predicted octanol–water partition coefficient (Wildman–Crippen LogP) is 1.73. The average molecular weight is 281 g/mol. The summed E-state index contributed by atoms with van der Waals surface area (Å²) in [6.45, 7) is 0. The molecule has 0 spiro atoms. The van der Waals surface area contributed by atoms with Crippen LogP contribution in [-0.2, 0) is 0 Å². The van der Waals surface area contributed by atoms with Crippen molar-refractivity contribution >= 4 is 11.6 Å². The highest BCUT2D eigenvalue weighted by atomic mass is 19.1. The Morgan fingerprint density at radius 3 is 2.75 bits per heavy atom. The number of nitrogens with one attached hydrogen (secondary N) is 1. The number of rotatable bonds is 3. The first-order valence-electron chi connectivity index (χ1n) is 6.49. The molecule has 1 aliphatic rings. The van der Waals surface area contributed by atoms with E-state index in [0.717, 1.165) is 43.9 Å². The van der Waals surface area contributed by atoms with Crippen molar-refractivity contribution < 1.29 is 14.1 Å². The quantitative estimate of drug-likeness (QED) is 0.651. The Hall–Kier alpha value is -2.02. The van der Waals surface area contributed by atoms with Crippen molar-refractivity contribution in [1.82, 2.24) is 5.32 Å². The maximum Gasteiger partial charge on any atom is 0.285 e. The molecule has 0 heterocycles. The number of carbonyl (C=O) groups excluding carboxylic acids is 1. The van der Waals surface area contributed by atoms with Crippen LogP contribution < -0.4 is 11.1 Å². The molecule has 1 aliphatic carbocycles. The van der Waals surface area contributed by atoms with E-state index in [1.54, 1.807) is 0 Å². The van der Waals surface area contributed by atoms with E-state index in [4.69, 9.17) is 5.73 Å². The van der Waals surface area contributed by atoms with Gasteiger partial charge in [0.2, 0.25) is 0 Å². The number of hydrogen-bond acceptors (Lipinski definition) is 4. The van der Waals surface area contributed by atoms with E-state index in [2.05, 4.69) is 5.32 Å². The standard InChI is InChI=1S/C13H16FN3O3/c14-8-5-6-9(12(7-8)17(19)20)13(18)16-11-4-2-1-3-10(11)15/h5-7,10-11H,1-4,15H2,(H,16,18)/t10-,11-/m1/s1. The van der Waals surface area contributed by atoms with E-state index in [0.29, 0.717) is 0 Å². The number of amides is 1. The molecular weight excluding hydrogens is 265 g/mol. The smallest absolute Gasteiger partial charge is 0.285 e. The van der Waals surface area contributed by atoms with Crippen LogP contribution in [0.15, 0.2) is 18.2 Å². The van der Waals surface area contributed by atoms with Gasteiger partial charge in [0, 0.05) is 12.1 Å². The van der Waals surface area contributed by atoms with Crippen LogP contribution >= 0.6 is 0 Å². The number of benzene rings is 1. The van der Waals surface area contributed by atoms with E-state index < -0.39 is 22.3 Å². The summed E-state index contributed by atoms with van der Waals surface area (Å²) >= 11 is 0. The number of nitro groups is 1. The lowest BCUT2D eigenvalue weighted by Crippen LogP contribution is -2.49. The minimum Gasteiger partial charge on any atom is -0.348 e. The molecule has 108 valence electrons. The van der Waals surface area contributed by atoms with Crippen LogP contribution in [0, 0.1) is 15.9 Å². The molecule has 1 fully saturated rings. The van der Waals surface area contributed by atoms with Gasteiger partial charge < -0.3 is 11.1 Å². The first kappa shape index (κ1) is 14.4. The van der Waals surface area contributed by atoms with Crippen LogP contribution in [-0.4, -0.2) is 22.9 Å². The summed E-state index contributed by atoms with van der Waals surface area (Å²) in [5.41, 5.74) is 5.24. The van der Waals surface area contributed by atoms with Gasteiger partial charge in [-0.25, -0.2) is 4.39 Å². The van der Waals surface area contributed by atoms with Crippen molar-refractivity contribution in [3.63, 3.8) is 0 Å². The third-order valence-corrected chi connectivity index (χ3v) is 3.54. The Morgan fingerprint density at radius 1 is 1.40 bits per heavy atom. The highest BCUT2D eigenvalue weighted by Crippen LogP contribution is 2.21. The largest absolute Gasteiger partial charge is 0.348 e. The van der Waals surface area contributed by atoms with Gasteiger partial charge in [0.15, 0.2) is 0 Å².